The number of hydrogen-bond donors (Lipinski definition) is 1. The molecule has 0 bridgehead atoms. The number of amides is 1. The Labute approximate surface area is 155 Å². The van der Waals surface area contributed by atoms with Gasteiger partial charge in [-0.3, -0.25) is 4.79 Å². The number of alkyl halides is 3. The Morgan fingerprint density at radius 2 is 1.63 bits per heavy atom. The maximum absolute atomic E-state index is 12.9. The number of anilines is 1. The molecule has 9 heteroatoms. The van der Waals surface area contributed by atoms with Crippen molar-refractivity contribution in [3.63, 3.8) is 0 Å². The van der Waals surface area contributed by atoms with Gasteiger partial charge in [0.25, 0.3) is 0 Å². The number of nitrogens with zero attached hydrogens (tertiary/aromatic N) is 1. The van der Waals surface area contributed by atoms with E-state index in [0.717, 1.165) is 10.4 Å². The van der Waals surface area contributed by atoms with Gasteiger partial charge in [0, 0.05) is 20.0 Å². The van der Waals surface area contributed by atoms with Gasteiger partial charge in [0.1, 0.15) is 0 Å². The standard InChI is InChI=1S/C18H19F3N2O3S/c1-23(27(25,26)14-8-3-2-4-9-14)13-7-12-17(24)22-16-11-6-5-10-15(16)18(19,20)21/h2-6,8-11H,7,12-13H2,1H3,(H,22,24). The van der Waals surface area contributed by atoms with Crippen molar-refractivity contribution in [3.05, 3.63) is 60.2 Å². The van der Waals surface area contributed by atoms with Gasteiger partial charge < -0.3 is 5.32 Å². The first-order chi connectivity index (χ1) is 12.6. The summed E-state index contributed by atoms with van der Waals surface area (Å²) in [5, 5.41) is 2.23. The number of halogens is 3. The number of para-hydroxylation sites is 1. The minimum absolute atomic E-state index is 0.0611. The molecule has 1 N–H and O–H groups in total. The summed E-state index contributed by atoms with van der Waals surface area (Å²) >= 11 is 0. The lowest BCUT2D eigenvalue weighted by molar-refractivity contribution is -0.137. The van der Waals surface area contributed by atoms with Gasteiger partial charge in [0.05, 0.1) is 16.1 Å². The van der Waals surface area contributed by atoms with Crippen LogP contribution in [0.4, 0.5) is 18.9 Å². The summed E-state index contributed by atoms with van der Waals surface area (Å²) in [5.74, 6) is -0.614. The maximum atomic E-state index is 12.9. The van der Waals surface area contributed by atoms with Gasteiger partial charge in [0.15, 0.2) is 0 Å². The zero-order valence-corrected chi connectivity index (χ0v) is 15.3. The van der Waals surface area contributed by atoms with Crippen molar-refractivity contribution >= 4 is 21.6 Å². The van der Waals surface area contributed by atoms with Crippen molar-refractivity contribution in [3.8, 4) is 0 Å². The van der Waals surface area contributed by atoms with E-state index < -0.39 is 27.7 Å². The Morgan fingerprint density at radius 1 is 1.04 bits per heavy atom. The van der Waals surface area contributed by atoms with E-state index in [1.54, 1.807) is 18.2 Å². The highest BCUT2D eigenvalue weighted by atomic mass is 32.2. The molecule has 146 valence electrons. The first-order valence-electron chi connectivity index (χ1n) is 8.10. The predicted molar refractivity (Wildman–Crippen MR) is 95.6 cm³/mol. The Kier molecular flexibility index (Phi) is 6.61. The van der Waals surface area contributed by atoms with E-state index >= 15 is 0 Å². The third-order valence-corrected chi connectivity index (χ3v) is 5.71. The molecule has 0 atom stereocenters. The Balaban J connectivity index is 1.92. The highest BCUT2D eigenvalue weighted by Gasteiger charge is 2.33. The monoisotopic (exact) mass is 400 g/mol. The first kappa shape index (κ1) is 20.9. The van der Waals surface area contributed by atoms with Crippen LogP contribution < -0.4 is 5.32 Å². The van der Waals surface area contributed by atoms with E-state index in [0.29, 0.717) is 0 Å². The van der Waals surface area contributed by atoms with Crippen LogP contribution in [-0.2, 0) is 21.0 Å². The molecule has 0 aliphatic carbocycles. The van der Waals surface area contributed by atoms with Crippen molar-refractivity contribution in [1.82, 2.24) is 4.31 Å². The summed E-state index contributed by atoms with van der Waals surface area (Å²) < 4.78 is 64.6. The molecule has 0 aliphatic heterocycles. The van der Waals surface area contributed by atoms with Crippen molar-refractivity contribution in [2.75, 3.05) is 18.9 Å². The minimum Gasteiger partial charge on any atom is -0.326 e. The number of carbonyl (C=O) groups is 1. The van der Waals surface area contributed by atoms with Crippen LogP contribution in [0, 0.1) is 0 Å². The van der Waals surface area contributed by atoms with Gasteiger partial charge in [-0.15, -0.1) is 0 Å². The summed E-state index contributed by atoms with van der Waals surface area (Å²) in [5.41, 5.74) is -1.25. The van der Waals surface area contributed by atoms with E-state index in [-0.39, 0.29) is 30.0 Å². The Bertz CT molecular complexity index is 884. The molecule has 0 aromatic heterocycles. The molecular weight excluding hydrogens is 381 g/mol. The van der Waals surface area contributed by atoms with E-state index in [9.17, 15) is 26.4 Å². The van der Waals surface area contributed by atoms with Gasteiger partial charge in [0.2, 0.25) is 15.9 Å². The van der Waals surface area contributed by atoms with Gasteiger partial charge >= 0.3 is 6.18 Å². The van der Waals surface area contributed by atoms with E-state index in [2.05, 4.69) is 5.32 Å². The van der Waals surface area contributed by atoms with Gasteiger partial charge in [-0.2, -0.15) is 13.2 Å². The number of nitrogens with one attached hydrogen (secondary N) is 1. The van der Waals surface area contributed by atoms with Crippen LogP contribution in [0.2, 0.25) is 0 Å². The summed E-state index contributed by atoms with van der Waals surface area (Å²) in [6.07, 6.45) is -4.52. The molecule has 0 unspecified atom stereocenters. The van der Waals surface area contributed by atoms with Crippen LogP contribution in [0.25, 0.3) is 0 Å². The lowest BCUT2D eigenvalue weighted by Gasteiger charge is -2.17. The van der Waals surface area contributed by atoms with Crippen LogP contribution in [0.3, 0.4) is 0 Å². The molecule has 0 saturated carbocycles. The first-order valence-corrected chi connectivity index (χ1v) is 9.54. The Hall–Kier alpha value is -2.39. The summed E-state index contributed by atoms with van der Waals surface area (Å²) in [6.45, 7) is 0.0611. The number of sulfonamides is 1. The molecule has 0 fully saturated rings. The number of carbonyl (C=O) groups excluding carboxylic acids is 1. The third-order valence-electron chi connectivity index (χ3n) is 3.83. The summed E-state index contributed by atoms with van der Waals surface area (Å²) in [7, 11) is -2.28. The number of hydrogen-bond acceptors (Lipinski definition) is 3. The van der Waals surface area contributed by atoms with Crippen LogP contribution in [0.1, 0.15) is 18.4 Å². The lowest BCUT2D eigenvalue weighted by Crippen LogP contribution is -2.28. The summed E-state index contributed by atoms with van der Waals surface area (Å²) in [4.78, 5) is 12.1. The molecular formula is C18H19F3N2O3S. The maximum Gasteiger partial charge on any atom is 0.418 e. The molecule has 0 spiro atoms. The highest BCUT2D eigenvalue weighted by molar-refractivity contribution is 7.89. The molecule has 0 radical (unpaired) electrons. The molecule has 5 nitrogen and oxygen atoms in total. The van der Waals surface area contributed by atoms with Crippen molar-refractivity contribution in [1.29, 1.82) is 0 Å². The fraction of sp³-hybridized carbons (Fsp3) is 0.278. The largest absolute Gasteiger partial charge is 0.418 e. The zero-order chi connectivity index (χ0) is 20.1. The van der Waals surface area contributed by atoms with Crippen LogP contribution in [0.5, 0.6) is 0 Å². The molecule has 27 heavy (non-hydrogen) atoms. The second-order valence-corrected chi connectivity index (χ2v) is 7.88. The van der Waals surface area contributed by atoms with E-state index in [4.69, 9.17) is 0 Å². The minimum atomic E-state index is -4.58. The summed E-state index contributed by atoms with van der Waals surface area (Å²) in [6, 6.07) is 12.5. The molecule has 0 aliphatic rings. The molecule has 1 amide bonds. The third kappa shape index (κ3) is 5.54. The second-order valence-electron chi connectivity index (χ2n) is 5.83. The smallest absolute Gasteiger partial charge is 0.326 e. The Morgan fingerprint density at radius 3 is 2.26 bits per heavy atom. The highest BCUT2D eigenvalue weighted by Crippen LogP contribution is 2.34. The molecule has 2 aromatic rings. The molecule has 2 rings (SSSR count). The van der Waals surface area contributed by atoms with Gasteiger partial charge in [-0.05, 0) is 30.7 Å². The topological polar surface area (TPSA) is 66.5 Å². The van der Waals surface area contributed by atoms with Gasteiger partial charge in [-0.25, -0.2) is 12.7 Å². The van der Waals surface area contributed by atoms with Crippen LogP contribution in [0.15, 0.2) is 59.5 Å². The lowest BCUT2D eigenvalue weighted by atomic mass is 10.1. The van der Waals surface area contributed by atoms with E-state index in [1.807, 2.05) is 0 Å². The molecule has 2 aromatic carbocycles. The average Bonchev–Trinajstić information content (AvgIpc) is 2.62. The second kappa shape index (κ2) is 8.53. The number of rotatable bonds is 7. The average molecular weight is 400 g/mol. The number of benzene rings is 2. The van der Waals surface area contributed by atoms with Crippen molar-refractivity contribution < 1.29 is 26.4 Å². The zero-order valence-electron chi connectivity index (χ0n) is 14.5. The predicted octanol–water partition coefficient (Wildman–Crippen LogP) is 3.74. The van der Waals surface area contributed by atoms with Gasteiger partial charge in [-0.1, -0.05) is 30.3 Å². The normalized spacial score (nSPS) is 12.2. The van der Waals surface area contributed by atoms with E-state index in [1.165, 1.54) is 37.4 Å². The molecule has 0 saturated heterocycles. The quantitative estimate of drug-likeness (QED) is 0.770. The van der Waals surface area contributed by atoms with Crippen LogP contribution in [-0.4, -0.2) is 32.2 Å². The van der Waals surface area contributed by atoms with Crippen molar-refractivity contribution in [2.24, 2.45) is 0 Å². The van der Waals surface area contributed by atoms with Crippen LogP contribution >= 0.6 is 0 Å². The SMILES string of the molecule is CN(CCCC(=O)Nc1ccccc1C(F)(F)F)S(=O)(=O)c1ccccc1. The fourth-order valence-electron chi connectivity index (χ4n) is 2.41. The fourth-order valence-corrected chi connectivity index (χ4v) is 3.64. The molecule has 0 heterocycles. The van der Waals surface area contributed by atoms with Crippen molar-refractivity contribution in [2.45, 2.75) is 23.9 Å².